The van der Waals surface area contributed by atoms with Gasteiger partial charge in [-0.1, -0.05) is 19.9 Å². The van der Waals surface area contributed by atoms with Crippen molar-refractivity contribution < 1.29 is 14.3 Å². The van der Waals surface area contributed by atoms with Crippen LogP contribution in [0.3, 0.4) is 0 Å². The Morgan fingerprint density at radius 2 is 2.17 bits per heavy atom. The molecule has 156 valence electrons. The number of nitrogen functional groups attached to an aromatic ring is 1. The number of nitrogens with two attached hydrogens (primary N) is 1. The SMILES string of the molecule is CCOC(=O)c1c(NC(=O)C(CC)Sc2cccc(N)c2)sc2c1CCC(C)C2. The molecule has 2 unspecified atom stereocenters. The van der Waals surface area contributed by atoms with E-state index in [0.29, 0.717) is 35.2 Å². The second-order valence-corrected chi connectivity index (χ2v) is 9.73. The lowest BCUT2D eigenvalue weighted by Gasteiger charge is -2.18. The lowest BCUT2D eigenvalue weighted by Crippen LogP contribution is -2.25. The highest BCUT2D eigenvalue weighted by Crippen LogP contribution is 2.40. The zero-order valence-corrected chi connectivity index (χ0v) is 18.8. The van der Waals surface area contributed by atoms with E-state index in [4.69, 9.17) is 10.5 Å². The first-order chi connectivity index (χ1) is 13.9. The molecule has 1 aliphatic carbocycles. The van der Waals surface area contributed by atoms with Gasteiger partial charge in [0.2, 0.25) is 5.91 Å². The number of thioether (sulfide) groups is 1. The Hall–Kier alpha value is -1.99. The van der Waals surface area contributed by atoms with Crippen molar-refractivity contribution in [2.45, 2.75) is 56.6 Å². The molecular weight excluding hydrogens is 404 g/mol. The minimum atomic E-state index is -0.341. The van der Waals surface area contributed by atoms with E-state index in [1.165, 1.54) is 28.0 Å². The zero-order chi connectivity index (χ0) is 21.0. The molecule has 2 atom stereocenters. The third-order valence-electron chi connectivity index (χ3n) is 5.03. The van der Waals surface area contributed by atoms with E-state index < -0.39 is 0 Å². The van der Waals surface area contributed by atoms with Crippen LogP contribution in [-0.4, -0.2) is 23.7 Å². The molecule has 1 aliphatic rings. The standard InChI is InChI=1S/C22H28N2O3S2/c1-4-17(28-15-8-6-7-14(23)12-15)20(25)24-21-19(22(26)27-5-2)16-10-9-13(3)11-18(16)29-21/h6-8,12-13,17H,4-5,9-11,23H2,1-3H3,(H,24,25). The summed E-state index contributed by atoms with van der Waals surface area (Å²) in [7, 11) is 0. The lowest BCUT2D eigenvalue weighted by atomic mass is 9.88. The van der Waals surface area contributed by atoms with Gasteiger partial charge in [0.1, 0.15) is 5.00 Å². The van der Waals surface area contributed by atoms with E-state index in [2.05, 4.69) is 12.2 Å². The van der Waals surface area contributed by atoms with Crippen LogP contribution < -0.4 is 11.1 Å². The molecular formula is C22H28N2O3S2. The molecule has 0 radical (unpaired) electrons. The highest BCUT2D eigenvalue weighted by Gasteiger charge is 2.30. The number of nitrogens with one attached hydrogen (secondary N) is 1. The van der Waals surface area contributed by atoms with E-state index >= 15 is 0 Å². The topological polar surface area (TPSA) is 81.4 Å². The molecule has 29 heavy (non-hydrogen) atoms. The average molecular weight is 433 g/mol. The number of ether oxygens (including phenoxy) is 1. The lowest BCUT2D eigenvalue weighted by molar-refractivity contribution is -0.115. The van der Waals surface area contributed by atoms with Crippen molar-refractivity contribution in [1.82, 2.24) is 0 Å². The van der Waals surface area contributed by atoms with Crippen LogP contribution in [0.2, 0.25) is 0 Å². The molecule has 2 aromatic rings. The monoisotopic (exact) mass is 432 g/mol. The number of benzene rings is 1. The number of thiophene rings is 1. The van der Waals surface area contributed by atoms with Gasteiger partial charge in [-0.15, -0.1) is 23.1 Å². The van der Waals surface area contributed by atoms with Crippen LogP contribution in [-0.2, 0) is 22.4 Å². The number of fused-ring (bicyclic) bond motifs is 1. The molecule has 0 saturated carbocycles. The summed E-state index contributed by atoms with van der Waals surface area (Å²) >= 11 is 3.01. The fourth-order valence-corrected chi connectivity index (χ4v) is 5.95. The quantitative estimate of drug-likeness (QED) is 0.360. The van der Waals surface area contributed by atoms with Crippen molar-refractivity contribution in [2.75, 3.05) is 17.7 Å². The van der Waals surface area contributed by atoms with Gasteiger partial charge in [-0.3, -0.25) is 4.79 Å². The smallest absolute Gasteiger partial charge is 0.341 e. The van der Waals surface area contributed by atoms with Gasteiger partial charge in [-0.05, 0) is 62.3 Å². The second-order valence-electron chi connectivity index (χ2n) is 7.35. The van der Waals surface area contributed by atoms with Crippen molar-refractivity contribution >= 4 is 45.7 Å². The summed E-state index contributed by atoms with van der Waals surface area (Å²) in [6, 6.07) is 7.53. The van der Waals surface area contributed by atoms with Crippen LogP contribution in [0.15, 0.2) is 29.2 Å². The molecule has 3 N–H and O–H groups in total. The molecule has 0 spiro atoms. The Labute approximate surface area is 180 Å². The van der Waals surface area contributed by atoms with Crippen LogP contribution in [0.1, 0.15) is 54.4 Å². The molecule has 5 nitrogen and oxygen atoms in total. The Balaban J connectivity index is 1.83. The minimum Gasteiger partial charge on any atom is -0.462 e. The Morgan fingerprint density at radius 1 is 1.38 bits per heavy atom. The zero-order valence-electron chi connectivity index (χ0n) is 17.1. The molecule has 1 aromatic carbocycles. The van der Waals surface area contributed by atoms with Crippen molar-refractivity contribution in [3.63, 3.8) is 0 Å². The van der Waals surface area contributed by atoms with E-state index in [0.717, 1.165) is 29.7 Å². The van der Waals surface area contributed by atoms with Crippen LogP contribution in [0.5, 0.6) is 0 Å². The highest BCUT2D eigenvalue weighted by atomic mass is 32.2. The Morgan fingerprint density at radius 3 is 2.86 bits per heavy atom. The largest absolute Gasteiger partial charge is 0.462 e. The summed E-state index contributed by atoms with van der Waals surface area (Å²) in [5.41, 5.74) is 8.14. The third-order valence-corrected chi connectivity index (χ3v) is 7.56. The molecule has 0 aliphatic heterocycles. The number of amides is 1. The van der Waals surface area contributed by atoms with Crippen LogP contribution in [0, 0.1) is 5.92 Å². The Kier molecular flexibility index (Phi) is 7.24. The molecule has 0 fully saturated rings. The van der Waals surface area contributed by atoms with E-state index in [1.807, 2.05) is 31.2 Å². The predicted octanol–water partition coefficient (Wildman–Crippen LogP) is 5.14. The summed E-state index contributed by atoms with van der Waals surface area (Å²) in [4.78, 5) is 27.8. The maximum Gasteiger partial charge on any atom is 0.341 e. The van der Waals surface area contributed by atoms with E-state index in [1.54, 1.807) is 6.92 Å². The minimum absolute atomic E-state index is 0.0999. The molecule has 1 amide bonds. The first kappa shape index (κ1) is 21.7. The highest BCUT2D eigenvalue weighted by molar-refractivity contribution is 8.00. The van der Waals surface area contributed by atoms with Crippen molar-refractivity contribution in [2.24, 2.45) is 5.92 Å². The fraction of sp³-hybridized carbons (Fsp3) is 0.455. The average Bonchev–Trinajstić information content (AvgIpc) is 3.03. The van der Waals surface area contributed by atoms with Gasteiger partial charge in [0.05, 0.1) is 17.4 Å². The first-order valence-electron chi connectivity index (χ1n) is 10.1. The van der Waals surface area contributed by atoms with Gasteiger partial charge in [-0.2, -0.15) is 0 Å². The molecule has 1 heterocycles. The third kappa shape index (κ3) is 5.14. The maximum absolute atomic E-state index is 13.0. The van der Waals surface area contributed by atoms with Crippen LogP contribution in [0.25, 0.3) is 0 Å². The van der Waals surface area contributed by atoms with Gasteiger partial charge < -0.3 is 15.8 Å². The van der Waals surface area contributed by atoms with Gasteiger partial charge in [0.25, 0.3) is 0 Å². The Bertz CT molecular complexity index is 894. The molecule has 1 aromatic heterocycles. The van der Waals surface area contributed by atoms with Gasteiger partial charge >= 0.3 is 5.97 Å². The summed E-state index contributed by atoms with van der Waals surface area (Å²) in [6.45, 7) is 6.32. The number of carbonyl (C=O) groups is 2. The number of anilines is 2. The summed E-state index contributed by atoms with van der Waals surface area (Å²) < 4.78 is 5.29. The van der Waals surface area contributed by atoms with Gasteiger partial charge in [0.15, 0.2) is 0 Å². The van der Waals surface area contributed by atoms with Crippen molar-refractivity contribution in [1.29, 1.82) is 0 Å². The van der Waals surface area contributed by atoms with E-state index in [-0.39, 0.29) is 17.1 Å². The molecule has 0 bridgehead atoms. The summed E-state index contributed by atoms with van der Waals surface area (Å²) in [5, 5.41) is 3.39. The maximum atomic E-state index is 13.0. The predicted molar refractivity (Wildman–Crippen MR) is 121 cm³/mol. The number of hydrogen-bond donors (Lipinski definition) is 2. The second kappa shape index (κ2) is 9.67. The summed E-state index contributed by atoms with van der Waals surface area (Å²) in [6.07, 6.45) is 3.51. The van der Waals surface area contributed by atoms with Crippen molar-refractivity contribution in [3.05, 3.63) is 40.3 Å². The number of hydrogen-bond acceptors (Lipinski definition) is 6. The van der Waals surface area contributed by atoms with Crippen molar-refractivity contribution in [3.8, 4) is 0 Å². The first-order valence-corrected chi connectivity index (χ1v) is 11.8. The van der Waals surface area contributed by atoms with Gasteiger partial charge in [0, 0.05) is 15.5 Å². The molecule has 7 heteroatoms. The summed E-state index contributed by atoms with van der Waals surface area (Å²) in [5.74, 6) is 0.144. The normalized spacial score (nSPS) is 16.7. The molecule has 0 saturated heterocycles. The van der Waals surface area contributed by atoms with E-state index in [9.17, 15) is 9.59 Å². The number of carbonyl (C=O) groups excluding carboxylic acids is 2. The fourth-order valence-electron chi connectivity index (χ4n) is 3.52. The number of rotatable bonds is 7. The van der Waals surface area contributed by atoms with Crippen LogP contribution >= 0.6 is 23.1 Å². The van der Waals surface area contributed by atoms with Crippen LogP contribution in [0.4, 0.5) is 10.7 Å². The molecule has 3 rings (SSSR count). The van der Waals surface area contributed by atoms with Gasteiger partial charge in [-0.25, -0.2) is 4.79 Å². The number of esters is 1.